The van der Waals surface area contributed by atoms with Crippen LogP contribution in [0, 0.1) is 0 Å². The number of anilines is 6. The minimum Gasteiger partial charge on any atom is -0.508 e. The van der Waals surface area contributed by atoms with Gasteiger partial charge in [-0.25, -0.2) is 56.7 Å². The van der Waals surface area contributed by atoms with Gasteiger partial charge in [0.15, 0.2) is 83.5 Å². The van der Waals surface area contributed by atoms with E-state index in [1.807, 2.05) is 145 Å². The second-order valence-corrected chi connectivity index (χ2v) is 36.4. The summed E-state index contributed by atoms with van der Waals surface area (Å²) < 4.78 is 47.5. The fraction of sp³-hybridized carbons (Fsp3) is 0.298. The molecule has 142 heavy (non-hydrogen) atoms. The van der Waals surface area contributed by atoms with E-state index < -0.39 is 39.3 Å². The standard InChI is InChI=1S/C28H30N8O4S.C24H22N8O3.C22H24N8O4.C20H20N8O4/c1-2-15-41(39,40)18-23(38)17-35-19-29-25-26(35)31-28(32-27(25)36-24-6-4-3-5-20(24)16-30-36)34-13-11-33(12-14-34)21-7-9-22(37)10-8-21;33-18-7-5-17(6-8-18)29-9-11-30(12-10-29)24-27-22-21(25-15-31(22)14-20(34)35)23(28-24)32-19-4-2-1-3-16(19)13-26-32;1-14(2)34-22(33)28-9-7-27(8-10-28)21-25-19-18(23-13-29(19)12-17(31)32)20(26-21)30-16-6-4-3-5-15(16)11-24-30;1-32-20(31)26-8-6-25(7-9-26)19-23-17-16(21-12-27(17)11-15(29)30)18(24-19)28-14-5-3-2-4-13(14)10-22-28/h3-10,16,19,37H,2,11-15,17-18H2,1H3;1-8,13,15,33H,9-12,14H2,(H,34,35);3-6,11,13-14H,7-10,12H2,1-2H3,(H,31,32);2-5,10,12H,6-9,11H2,1H3,(H,29,30). The molecule has 22 rings (SSSR count). The summed E-state index contributed by atoms with van der Waals surface area (Å²) in [4.78, 5) is 143. The highest BCUT2D eigenvalue weighted by Crippen LogP contribution is 2.34. The average Bonchev–Trinajstić information content (AvgIpc) is 1.61. The zero-order valence-corrected chi connectivity index (χ0v) is 78.2. The number of Topliss-reactive ketones (excluding diaryl/α,β-unsaturated/α-hetero) is 1. The number of aliphatic carboxylic acids is 3. The number of rotatable bonds is 23. The lowest BCUT2D eigenvalue weighted by atomic mass is 10.2. The van der Waals surface area contributed by atoms with Crippen LogP contribution in [0.3, 0.4) is 0 Å². The van der Waals surface area contributed by atoms with Gasteiger partial charge in [-0.1, -0.05) is 79.7 Å². The molecular formula is C94H96N32O15S. The Morgan fingerprint density at radius 2 is 0.634 bits per heavy atom. The van der Waals surface area contributed by atoms with Gasteiger partial charge in [-0.05, 0) is 93.1 Å². The molecule has 12 aromatic heterocycles. The second-order valence-electron chi connectivity index (χ2n) is 34.2. The van der Waals surface area contributed by atoms with Gasteiger partial charge in [0.1, 0.15) is 36.9 Å². The summed E-state index contributed by atoms with van der Waals surface area (Å²) in [6.07, 6.45) is 12.5. The molecule has 47 nitrogen and oxygen atoms in total. The van der Waals surface area contributed by atoms with Crippen LogP contribution in [0.2, 0.25) is 0 Å². The number of carboxylic acids is 3. The van der Waals surface area contributed by atoms with Crippen LogP contribution >= 0.6 is 0 Å². The predicted molar refractivity (Wildman–Crippen MR) is 523 cm³/mol. The molecule has 18 aromatic rings. The molecule has 0 bridgehead atoms. The maximum atomic E-state index is 12.8. The molecule has 4 saturated heterocycles. The number of ether oxygens (including phenoxy) is 2. The summed E-state index contributed by atoms with van der Waals surface area (Å²) in [5.74, 6) is 0.276. The Morgan fingerprint density at radius 3 is 0.915 bits per heavy atom. The number of aromatic hydroxyl groups is 2. The smallest absolute Gasteiger partial charge is 0.410 e. The minimum atomic E-state index is -3.47. The van der Waals surface area contributed by atoms with Crippen molar-refractivity contribution in [2.24, 2.45) is 0 Å². The first-order valence-electron chi connectivity index (χ1n) is 45.7. The number of nitrogens with zero attached hydrogens (tertiary/aromatic N) is 32. The number of phenols is 2. The first kappa shape index (κ1) is 93.4. The van der Waals surface area contributed by atoms with Crippen LogP contribution in [0.5, 0.6) is 11.5 Å². The molecule has 0 atom stereocenters. The van der Waals surface area contributed by atoms with Gasteiger partial charge in [0.05, 0.1) is 97.7 Å². The normalized spacial score (nSPS) is 14.3. The number of benzene rings is 6. The summed E-state index contributed by atoms with van der Waals surface area (Å²) in [7, 11) is -2.11. The lowest BCUT2D eigenvalue weighted by Crippen LogP contribution is -2.49. The summed E-state index contributed by atoms with van der Waals surface area (Å²) >= 11 is 0. The third-order valence-corrected chi connectivity index (χ3v) is 26.1. The van der Waals surface area contributed by atoms with E-state index in [-0.39, 0.29) is 61.7 Å². The van der Waals surface area contributed by atoms with Crippen molar-refractivity contribution in [2.75, 3.05) is 153 Å². The SMILES string of the molecule is CC(C)OC(=O)N1CCN(c2nc(-n3ncc4ccccc43)c3ncn(CC(=O)O)c3n2)CC1.CCCS(=O)(=O)CC(=O)Cn1cnc2c(-n3ncc4ccccc43)nc(N3CCN(c4ccc(O)cc4)CC3)nc21.COC(=O)N1CCN(c2nc(-n3ncc4ccccc43)c3ncn(CC(=O)O)c3n2)CC1.O=C(O)Cn1cnc2c(-n3ncc4ccccc43)nc(N3CCN(c4ccc(O)cc4)CC3)nc21. The van der Waals surface area contributed by atoms with Crippen molar-refractivity contribution in [3.05, 3.63) is 196 Å². The Morgan fingerprint density at radius 1 is 0.359 bits per heavy atom. The average molecular weight is 1950 g/mol. The number of piperazine rings is 4. The van der Waals surface area contributed by atoms with E-state index in [9.17, 15) is 62.7 Å². The van der Waals surface area contributed by atoms with Crippen molar-refractivity contribution in [3.8, 4) is 34.8 Å². The van der Waals surface area contributed by atoms with E-state index in [1.165, 1.54) is 46.1 Å². The molecule has 0 unspecified atom stereocenters. The maximum absolute atomic E-state index is 12.8. The number of hydrogen-bond acceptors (Lipinski definition) is 34. The Kier molecular flexibility index (Phi) is 26.4. The van der Waals surface area contributed by atoms with Crippen LogP contribution in [0.4, 0.5) is 44.8 Å². The van der Waals surface area contributed by atoms with E-state index in [4.69, 9.17) is 39.4 Å². The zero-order chi connectivity index (χ0) is 98.6. The first-order chi connectivity index (χ1) is 68.8. The van der Waals surface area contributed by atoms with Crippen LogP contribution in [0.1, 0.15) is 27.2 Å². The summed E-state index contributed by atoms with van der Waals surface area (Å²) in [6.45, 7) is 13.9. The second kappa shape index (κ2) is 40.2. The number of sulfone groups is 1. The number of aromatic nitrogens is 24. The Labute approximate surface area is 806 Å². The number of para-hydroxylation sites is 4. The van der Waals surface area contributed by atoms with E-state index in [0.717, 1.165) is 81.2 Å². The number of methoxy groups -OCH3 is 1. The summed E-state index contributed by atoms with van der Waals surface area (Å²) in [6, 6.07) is 45.4. The highest BCUT2D eigenvalue weighted by Gasteiger charge is 2.33. The number of phenolic OH excluding ortho intramolecular Hbond substituents is 2. The Bertz CT molecular complexity index is 7880. The topological polar surface area (TPSA) is 528 Å². The van der Waals surface area contributed by atoms with Crippen LogP contribution in [0.15, 0.2) is 196 Å². The van der Waals surface area contributed by atoms with Crippen LogP contribution in [-0.2, 0) is 64.7 Å². The van der Waals surface area contributed by atoms with Crippen LogP contribution < -0.4 is 29.4 Å². The van der Waals surface area contributed by atoms with Crippen molar-refractivity contribution in [3.63, 3.8) is 0 Å². The van der Waals surface area contributed by atoms with E-state index in [0.29, 0.717) is 177 Å². The molecule has 0 spiro atoms. The molecule has 5 N–H and O–H groups in total. The van der Waals surface area contributed by atoms with Gasteiger partial charge >= 0.3 is 30.1 Å². The Hall–Kier alpha value is -17.6. The fourth-order valence-corrected chi connectivity index (χ4v) is 18.7. The molecule has 16 heterocycles. The van der Waals surface area contributed by atoms with E-state index in [2.05, 4.69) is 69.9 Å². The maximum Gasteiger partial charge on any atom is 0.410 e. The largest absolute Gasteiger partial charge is 0.508 e. The molecule has 4 aliphatic heterocycles. The van der Waals surface area contributed by atoms with Crippen molar-refractivity contribution in [1.82, 2.24) is 127 Å². The van der Waals surface area contributed by atoms with Crippen molar-refractivity contribution in [2.45, 2.75) is 59.5 Å². The van der Waals surface area contributed by atoms with Gasteiger partial charge < -0.3 is 92.5 Å². The van der Waals surface area contributed by atoms with Gasteiger partial charge in [-0.15, -0.1) is 0 Å². The van der Waals surface area contributed by atoms with Gasteiger partial charge in [0.2, 0.25) is 23.8 Å². The predicted octanol–water partition coefficient (Wildman–Crippen LogP) is 7.93. The number of carbonyl (C=O) groups excluding carboxylic acids is 3. The molecule has 0 aliphatic carbocycles. The van der Waals surface area contributed by atoms with Crippen molar-refractivity contribution < 1.29 is 72.2 Å². The lowest BCUT2D eigenvalue weighted by molar-refractivity contribution is -0.138. The fourth-order valence-electron chi connectivity index (χ4n) is 17.4. The molecule has 0 saturated carbocycles. The summed E-state index contributed by atoms with van der Waals surface area (Å²) in [5.41, 5.74) is 9.07. The molecule has 6 aromatic carbocycles. The third kappa shape index (κ3) is 19.8. The number of hydrogen-bond donors (Lipinski definition) is 5. The summed E-state index contributed by atoms with van der Waals surface area (Å²) in [5, 5.41) is 69.1. The van der Waals surface area contributed by atoms with Gasteiger partial charge in [-0.2, -0.15) is 60.3 Å². The first-order valence-corrected chi connectivity index (χ1v) is 47.5. The molecule has 48 heteroatoms. The number of ketones is 1. The van der Waals surface area contributed by atoms with Crippen LogP contribution in [-0.4, -0.2) is 326 Å². The minimum absolute atomic E-state index is 0.0254. The number of carboxylic acid groups (broad SMARTS) is 3. The number of fused-ring (bicyclic) bond motifs is 8. The number of carbonyl (C=O) groups is 6. The van der Waals surface area contributed by atoms with Crippen molar-refractivity contribution in [1.29, 1.82) is 0 Å². The van der Waals surface area contributed by atoms with E-state index in [1.54, 1.807) is 89.1 Å². The van der Waals surface area contributed by atoms with E-state index >= 15 is 0 Å². The Balaban J connectivity index is 0.000000121. The highest BCUT2D eigenvalue weighted by molar-refractivity contribution is 7.92. The molecule has 4 aliphatic rings. The van der Waals surface area contributed by atoms with Gasteiger partial charge in [0.25, 0.3) is 0 Å². The van der Waals surface area contributed by atoms with Crippen LogP contribution in [0.25, 0.3) is 112 Å². The van der Waals surface area contributed by atoms with Gasteiger partial charge in [0, 0.05) is 138 Å². The number of imidazole rings is 4. The van der Waals surface area contributed by atoms with Gasteiger partial charge in [-0.3, -0.25) is 19.2 Å². The zero-order valence-electron chi connectivity index (χ0n) is 77.4. The molecular weight excluding hydrogens is 1850 g/mol. The molecule has 0 radical (unpaired) electrons. The van der Waals surface area contributed by atoms with Crippen molar-refractivity contribution >= 4 is 169 Å². The molecule has 2 amide bonds. The lowest BCUT2D eigenvalue weighted by Gasteiger charge is -2.36. The number of amides is 2. The molecule has 728 valence electrons. The quantitative estimate of drug-likeness (QED) is 0.0405. The highest BCUT2D eigenvalue weighted by atomic mass is 32.2. The third-order valence-electron chi connectivity index (χ3n) is 24.3. The molecule has 4 fully saturated rings. The monoisotopic (exact) mass is 1940 g/mol.